The summed E-state index contributed by atoms with van der Waals surface area (Å²) in [4.78, 5) is 2.74. The predicted molar refractivity (Wildman–Crippen MR) is 85.1 cm³/mol. The average molecular weight is 272 g/mol. The monoisotopic (exact) mass is 272 g/mol. The first kappa shape index (κ1) is 14.1. The molecule has 1 aliphatic carbocycles. The van der Waals surface area contributed by atoms with Crippen molar-refractivity contribution in [3.63, 3.8) is 0 Å². The second-order valence-corrected chi connectivity index (χ2v) is 6.64. The molecule has 2 aliphatic rings. The molecule has 0 spiro atoms. The summed E-state index contributed by atoms with van der Waals surface area (Å²) in [6.45, 7) is 9.22. The van der Waals surface area contributed by atoms with E-state index in [4.69, 9.17) is 0 Å². The normalized spacial score (nSPS) is 23.1. The lowest BCUT2D eigenvalue weighted by Gasteiger charge is -2.39. The molecule has 3 rings (SSSR count). The summed E-state index contributed by atoms with van der Waals surface area (Å²) in [5.41, 5.74) is 4.48. The largest absolute Gasteiger partial charge is 0.314 e. The van der Waals surface area contributed by atoms with Crippen molar-refractivity contribution in [2.24, 2.45) is 5.92 Å². The Labute approximate surface area is 123 Å². The van der Waals surface area contributed by atoms with E-state index < -0.39 is 0 Å². The molecule has 2 heteroatoms. The molecule has 110 valence electrons. The fourth-order valence-electron chi connectivity index (χ4n) is 4.06. The second-order valence-electron chi connectivity index (χ2n) is 6.64. The fourth-order valence-corrected chi connectivity index (χ4v) is 4.06. The zero-order chi connectivity index (χ0) is 13.9. The van der Waals surface area contributed by atoms with Crippen molar-refractivity contribution in [2.45, 2.75) is 45.6 Å². The Morgan fingerprint density at radius 2 is 1.80 bits per heavy atom. The summed E-state index contributed by atoms with van der Waals surface area (Å²) in [5, 5.41) is 3.50. The molecular formula is C18H28N2. The van der Waals surface area contributed by atoms with Crippen molar-refractivity contribution in [3.8, 4) is 0 Å². The van der Waals surface area contributed by atoms with Crippen LogP contribution < -0.4 is 5.32 Å². The van der Waals surface area contributed by atoms with Gasteiger partial charge in [-0.25, -0.2) is 0 Å². The molecule has 20 heavy (non-hydrogen) atoms. The van der Waals surface area contributed by atoms with Gasteiger partial charge < -0.3 is 5.32 Å². The van der Waals surface area contributed by atoms with E-state index in [9.17, 15) is 0 Å². The highest BCUT2D eigenvalue weighted by atomic mass is 15.2. The molecule has 0 radical (unpaired) electrons. The minimum Gasteiger partial charge on any atom is -0.314 e. The van der Waals surface area contributed by atoms with Gasteiger partial charge in [0.25, 0.3) is 0 Å². The highest BCUT2D eigenvalue weighted by Crippen LogP contribution is 2.40. The van der Waals surface area contributed by atoms with Gasteiger partial charge in [-0.3, -0.25) is 4.90 Å². The number of hydrogen-bond acceptors (Lipinski definition) is 2. The van der Waals surface area contributed by atoms with Crippen molar-refractivity contribution < 1.29 is 0 Å². The highest BCUT2D eigenvalue weighted by Gasteiger charge is 2.32. The van der Waals surface area contributed by atoms with Gasteiger partial charge in [-0.15, -0.1) is 0 Å². The first-order valence-corrected chi connectivity index (χ1v) is 8.27. The van der Waals surface area contributed by atoms with E-state index in [0.717, 1.165) is 19.0 Å². The van der Waals surface area contributed by atoms with Gasteiger partial charge in [-0.05, 0) is 43.7 Å². The van der Waals surface area contributed by atoms with Crippen LogP contribution in [-0.2, 0) is 0 Å². The summed E-state index contributed by atoms with van der Waals surface area (Å²) in [6.07, 6.45) is 5.69. The first-order valence-electron chi connectivity index (χ1n) is 8.27. The lowest BCUT2D eigenvalue weighted by atomic mass is 9.86. The lowest BCUT2D eigenvalue weighted by molar-refractivity contribution is 0.125. The quantitative estimate of drug-likeness (QED) is 0.907. The number of nitrogens with zero attached hydrogens (tertiary/aromatic N) is 1. The highest BCUT2D eigenvalue weighted by molar-refractivity contribution is 5.33. The topological polar surface area (TPSA) is 15.3 Å². The lowest BCUT2D eigenvalue weighted by Crippen LogP contribution is -2.46. The molecule has 1 aromatic carbocycles. The van der Waals surface area contributed by atoms with E-state index in [1.165, 1.54) is 49.9 Å². The molecule has 2 fully saturated rings. The molecule has 1 heterocycles. The van der Waals surface area contributed by atoms with Crippen LogP contribution >= 0.6 is 0 Å². The van der Waals surface area contributed by atoms with Crippen LogP contribution in [0.2, 0.25) is 0 Å². The molecule has 1 aliphatic heterocycles. The maximum atomic E-state index is 3.50. The fraction of sp³-hybridized carbons (Fsp3) is 0.667. The number of rotatable bonds is 3. The zero-order valence-electron chi connectivity index (χ0n) is 13.0. The van der Waals surface area contributed by atoms with Gasteiger partial charge in [-0.1, -0.05) is 36.6 Å². The number of piperazine rings is 1. The van der Waals surface area contributed by atoms with Crippen molar-refractivity contribution in [3.05, 3.63) is 34.9 Å². The molecule has 1 aromatic rings. The Morgan fingerprint density at radius 1 is 1.10 bits per heavy atom. The minimum absolute atomic E-state index is 0.652. The number of aryl methyl sites for hydroxylation is 2. The molecule has 1 atom stereocenters. The van der Waals surface area contributed by atoms with Gasteiger partial charge in [0.15, 0.2) is 0 Å². The number of hydrogen-bond donors (Lipinski definition) is 1. The number of nitrogens with one attached hydrogen (secondary N) is 1. The van der Waals surface area contributed by atoms with Gasteiger partial charge >= 0.3 is 0 Å². The zero-order valence-corrected chi connectivity index (χ0v) is 13.0. The third-order valence-electron chi connectivity index (χ3n) is 5.14. The summed E-state index contributed by atoms with van der Waals surface area (Å²) in [5.74, 6) is 0.869. The summed E-state index contributed by atoms with van der Waals surface area (Å²) < 4.78 is 0. The maximum Gasteiger partial charge on any atom is 0.0380 e. The van der Waals surface area contributed by atoms with E-state index in [-0.39, 0.29) is 0 Å². The van der Waals surface area contributed by atoms with Crippen molar-refractivity contribution in [1.82, 2.24) is 10.2 Å². The average Bonchev–Trinajstić information content (AvgIpc) is 2.98. The Hall–Kier alpha value is -0.860. The van der Waals surface area contributed by atoms with Gasteiger partial charge in [-0.2, -0.15) is 0 Å². The van der Waals surface area contributed by atoms with Crippen LogP contribution in [0, 0.1) is 19.8 Å². The third kappa shape index (κ3) is 2.91. The standard InChI is InChI=1S/C18H28N2/c1-14-7-8-15(2)17(13-14)18(16-5-3-4-6-16)20-11-9-19-10-12-20/h7-8,13,16,18-19H,3-6,9-12H2,1-2H3. The van der Waals surface area contributed by atoms with Crippen LogP contribution in [0.5, 0.6) is 0 Å². The Morgan fingerprint density at radius 3 is 2.50 bits per heavy atom. The van der Waals surface area contributed by atoms with E-state index in [0.29, 0.717) is 6.04 Å². The molecule has 1 saturated carbocycles. The SMILES string of the molecule is Cc1ccc(C)c(C(C2CCCC2)N2CCNCC2)c1. The summed E-state index contributed by atoms with van der Waals surface area (Å²) >= 11 is 0. The smallest absolute Gasteiger partial charge is 0.0380 e. The Kier molecular flexibility index (Phi) is 4.42. The second kappa shape index (κ2) is 6.28. The summed E-state index contributed by atoms with van der Waals surface area (Å²) in [6, 6.07) is 7.66. The van der Waals surface area contributed by atoms with Crippen LogP contribution in [0.3, 0.4) is 0 Å². The van der Waals surface area contributed by atoms with Crippen LogP contribution in [0.25, 0.3) is 0 Å². The molecule has 0 aromatic heterocycles. The van der Waals surface area contributed by atoms with Gasteiger partial charge in [0.05, 0.1) is 0 Å². The van der Waals surface area contributed by atoms with Crippen molar-refractivity contribution >= 4 is 0 Å². The summed E-state index contributed by atoms with van der Waals surface area (Å²) in [7, 11) is 0. The number of benzene rings is 1. The van der Waals surface area contributed by atoms with Crippen LogP contribution in [0.4, 0.5) is 0 Å². The Bertz CT molecular complexity index is 443. The molecule has 1 unspecified atom stereocenters. The minimum atomic E-state index is 0.652. The Balaban J connectivity index is 1.92. The maximum absolute atomic E-state index is 3.50. The third-order valence-corrected chi connectivity index (χ3v) is 5.14. The van der Waals surface area contributed by atoms with E-state index in [1.807, 2.05) is 0 Å². The van der Waals surface area contributed by atoms with Gasteiger partial charge in [0.1, 0.15) is 0 Å². The van der Waals surface area contributed by atoms with Crippen molar-refractivity contribution in [1.29, 1.82) is 0 Å². The van der Waals surface area contributed by atoms with Crippen molar-refractivity contribution in [2.75, 3.05) is 26.2 Å². The molecular weight excluding hydrogens is 244 g/mol. The van der Waals surface area contributed by atoms with E-state index >= 15 is 0 Å². The molecule has 0 amide bonds. The van der Waals surface area contributed by atoms with E-state index in [2.05, 4.69) is 42.3 Å². The predicted octanol–water partition coefficient (Wildman–Crippen LogP) is 3.44. The molecule has 1 N–H and O–H groups in total. The van der Waals surface area contributed by atoms with Crippen LogP contribution in [-0.4, -0.2) is 31.1 Å². The molecule has 0 bridgehead atoms. The molecule has 2 nitrogen and oxygen atoms in total. The van der Waals surface area contributed by atoms with Crippen LogP contribution in [0.15, 0.2) is 18.2 Å². The van der Waals surface area contributed by atoms with E-state index in [1.54, 1.807) is 5.56 Å². The van der Waals surface area contributed by atoms with Gasteiger partial charge in [0.2, 0.25) is 0 Å². The van der Waals surface area contributed by atoms with Crippen LogP contribution in [0.1, 0.15) is 48.4 Å². The molecule has 1 saturated heterocycles. The van der Waals surface area contributed by atoms with Gasteiger partial charge in [0, 0.05) is 32.2 Å². The first-order chi connectivity index (χ1) is 9.75.